The number of carbonyl (C=O) groups is 1. The van der Waals surface area contributed by atoms with E-state index in [4.69, 9.17) is 9.47 Å². The van der Waals surface area contributed by atoms with Gasteiger partial charge >= 0.3 is 0 Å². The summed E-state index contributed by atoms with van der Waals surface area (Å²) in [5.41, 5.74) is 0.837. The zero-order valence-corrected chi connectivity index (χ0v) is 17.1. The second-order valence-corrected chi connectivity index (χ2v) is 6.57. The van der Waals surface area contributed by atoms with Gasteiger partial charge in [0, 0.05) is 50.7 Å². The van der Waals surface area contributed by atoms with Crippen LogP contribution in [0, 0.1) is 5.82 Å². The summed E-state index contributed by atoms with van der Waals surface area (Å²) in [7, 11) is 3.50. The number of halogens is 1. The Morgan fingerprint density at radius 3 is 2.71 bits per heavy atom. The lowest BCUT2D eigenvalue weighted by molar-refractivity contribution is 0.0679. The first-order valence-corrected chi connectivity index (χ1v) is 9.73. The molecule has 7 heteroatoms. The molecule has 0 aliphatic rings. The van der Waals surface area contributed by atoms with E-state index in [1.807, 2.05) is 18.9 Å². The molecule has 0 unspecified atom stereocenters. The van der Waals surface area contributed by atoms with Crippen molar-refractivity contribution in [2.24, 2.45) is 0 Å². The Hall–Kier alpha value is -2.25. The van der Waals surface area contributed by atoms with Gasteiger partial charge in [-0.05, 0) is 38.6 Å². The van der Waals surface area contributed by atoms with Crippen LogP contribution in [0.25, 0.3) is 10.9 Å². The van der Waals surface area contributed by atoms with Gasteiger partial charge in [-0.15, -0.1) is 0 Å². The van der Waals surface area contributed by atoms with Crippen LogP contribution in [0.1, 0.15) is 37.2 Å². The molecular formula is C21H30FN3O3. The molecule has 2 aromatic rings. The molecule has 0 aliphatic heterocycles. The highest BCUT2D eigenvalue weighted by Gasteiger charge is 2.24. The van der Waals surface area contributed by atoms with E-state index in [9.17, 15) is 9.18 Å². The normalized spacial score (nSPS) is 12.2. The molecule has 1 atom stereocenters. The van der Waals surface area contributed by atoms with Crippen LogP contribution >= 0.6 is 0 Å². The fourth-order valence-electron chi connectivity index (χ4n) is 3.21. The molecule has 154 valence electrons. The highest BCUT2D eigenvalue weighted by atomic mass is 19.1. The number of amides is 1. The second kappa shape index (κ2) is 10.9. The fourth-order valence-corrected chi connectivity index (χ4v) is 3.21. The lowest BCUT2D eigenvalue weighted by Gasteiger charge is -2.30. The van der Waals surface area contributed by atoms with Crippen LogP contribution < -0.4 is 10.1 Å². The summed E-state index contributed by atoms with van der Waals surface area (Å²) < 4.78 is 24.6. The molecule has 1 amide bonds. The number of hydrogen-bond acceptors (Lipinski definition) is 5. The minimum atomic E-state index is -0.370. The first kappa shape index (κ1) is 22.0. The van der Waals surface area contributed by atoms with Gasteiger partial charge in [-0.1, -0.05) is 6.92 Å². The molecule has 0 aliphatic carbocycles. The molecule has 0 saturated heterocycles. The predicted octanol–water partition coefficient (Wildman–Crippen LogP) is 3.25. The largest absolute Gasteiger partial charge is 0.493 e. The van der Waals surface area contributed by atoms with Crippen molar-refractivity contribution >= 4 is 16.8 Å². The molecule has 0 fully saturated rings. The van der Waals surface area contributed by atoms with Crippen molar-refractivity contribution in [3.63, 3.8) is 0 Å². The molecule has 0 spiro atoms. The summed E-state index contributed by atoms with van der Waals surface area (Å²) in [6, 6.07) is 5.98. The van der Waals surface area contributed by atoms with Gasteiger partial charge in [0.25, 0.3) is 5.91 Å². The summed E-state index contributed by atoms with van der Waals surface area (Å²) in [5, 5.41) is 3.69. The third-order valence-electron chi connectivity index (χ3n) is 4.66. The van der Waals surface area contributed by atoms with E-state index in [-0.39, 0.29) is 17.8 Å². The molecule has 0 bridgehead atoms. The zero-order valence-electron chi connectivity index (χ0n) is 17.1. The average Bonchev–Trinajstić information content (AvgIpc) is 2.70. The van der Waals surface area contributed by atoms with E-state index in [0.717, 1.165) is 6.42 Å². The van der Waals surface area contributed by atoms with E-state index in [1.54, 1.807) is 19.2 Å². The number of hydrogen-bond donors (Lipinski definition) is 1. The number of nitrogens with one attached hydrogen (secondary N) is 1. The maximum atomic E-state index is 13.8. The SMILES string of the molecule is CC[C@H](CNC)N(CC)C(=O)c1cc(OCCCOC)c2cc(F)ccc2n1. The summed E-state index contributed by atoms with van der Waals surface area (Å²) in [6.45, 7) is 6.26. The van der Waals surface area contributed by atoms with Crippen molar-refractivity contribution in [2.45, 2.75) is 32.7 Å². The van der Waals surface area contributed by atoms with E-state index >= 15 is 0 Å². The van der Waals surface area contributed by atoms with Crippen LogP contribution in [0.4, 0.5) is 4.39 Å². The van der Waals surface area contributed by atoms with E-state index in [2.05, 4.69) is 17.2 Å². The Balaban J connectivity index is 2.40. The molecule has 2 rings (SSSR count). The van der Waals surface area contributed by atoms with Gasteiger partial charge in [-0.25, -0.2) is 9.37 Å². The summed E-state index contributed by atoms with van der Waals surface area (Å²) >= 11 is 0. The smallest absolute Gasteiger partial charge is 0.272 e. The lowest BCUT2D eigenvalue weighted by Crippen LogP contribution is -2.45. The second-order valence-electron chi connectivity index (χ2n) is 6.57. The lowest BCUT2D eigenvalue weighted by atomic mass is 10.1. The Morgan fingerprint density at radius 2 is 2.07 bits per heavy atom. The molecule has 1 aromatic carbocycles. The Morgan fingerprint density at radius 1 is 1.29 bits per heavy atom. The number of rotatable bonds is 11. The van der Waals surface area contributed by atoms with Crippen molar-refractivity contribution in [1.29, 1.82) is 0 Å². The van der Waals surface area contributed by atoms with Crippen molar-refractivity contribution in [1.82, 2.24) is 15.2 Å². The molecule has 1 N–H and O–H groups in total. The number of likely N-dealkylation sites (N-methyl/N-ethyl adjacent to an activating group) is 2. The number of benzene rings is 1. The molecule has 0 saturated carbocycles. The minimum absolute atomic E-state index is 0.0688. The van der Waals surface area contributed by atoms with Crippen LogP contribution in [0.5, 0.6) is 5.75 Å². The summed E-state index contributed by atoms with van der Waals surface area (Å²) in [5.74, 6) is -0.0652. The molecule has 0 radical (unpaired) electrons. The molecule has 1 aromatic heterocycles. The quantitative estimate of drug-likeness (QED) is 0.596. The number of carbonyl (C=O) groups excluding carboxylic acids is 1. The van der Waals surface area contributed by atoms with Gasteiger partial charge in [-0.3, -0.25) is 4.79 Å². The summed E-state index contributed by atoms with van der Waals surface area (Å²) in [6.07, 6.45) is 1.53. The number of nitrogens with zero attached hydrogens (tertiary/aromatic N) is 2. The third kappa shape index (κ3) is 5.39. The van der Waals surface area contributed by atoms with Crippen LogP contribution in [-0.2, 0) is 4.74 Å². The zero-order chi connectivity index (χ0) is 20.5. The van der Waals surface area contributed by atoms with Crippen LogP contribution in [0.15, 0.2) is 24.3 Å². The molecular weight excluding hydrogens is 361 g/mol. The molecule has 1 heterocycles. The summed E-state index contributed by atoms with van der Waals surface area (Å²) in [4.78, 5) is 19.5. The van der Waals surface area contributed by atoms with E-state index < -0.39 is 0 Å². The predicted molar refractivity (Wildman–Crippen MR) is 108 cm³/mol. The average molecular weight is 391 g/mol. The van der Waals surface area contributed by atoms with Crippen LogP contribution in [0.2, 0.25) is 0 Å². The topological polar surface area (TPSA) is 63.7 Å². The van der Waals surface area contributed by atoms with Gasteiger partial charge in [-0.2, -0.15) is 0 Å². The fraction of sp³-hybridized carbons (Fsp3) is 0.524. The standard InChI is InChI=1S/C21H30FN3O3/c1-5-16(14-23-3)25(6-2)21(26)19-13-20(28-11-7-10-27-4)17-12-15(22)8-9-18(17)24-19/h8-9,12-13,16,23H,5-7,10-11,14H2,1-4H3/t16-/m1/s1. The highest BCUT2D eigenvalue weighted by Crippen LogP contribution is 2.27. The Bertz CT molecular complexity index is 785. The van der Waals surface area contributed by atoms with Crippen molar-refractivity contribution in [2.75, 3.05) is 40.5 Å². The van der Waals surface area contributed by atoms with Gasteiger partial charge in [0.05, 0.1) is 12.1 Å². The number of fused-ring (bicyclic) bond motifs is 1. The van der Waals surface area contributed by atoms with Gasteiger partial charge in [0.2, 0.25) is 0 Å². The van der Waals surface area contributed by atoms with Crippen molar-refractivity contribution in [3.8, 4) is 5.75 Å². The van der Waals surface area contributed by atoms with E-state index in [0.29, 0.717) is 55.1 Å². The maximum absolute atomic E-state index is 13.8. The van der Waals surface area contributed by atoms with Crippen molar-refractivity contribution < 1.29 is 18.7 Å². The number of pyridine rings is 1. The van der Waals surface area contributed by atoms with Crippen LogP contribution in [-0.4, -0.2) is 62.3 Å². The number of ether oxygens (including phenoxy) is 2. The van der Waals surface area contributed by atoms with Crippen molar-refractivity contribution in [3.05, 3.63) is 35.8 Å². The van der Waals surface area contributed by atoms with Gasteiger partial charge < -0.3 is 19.7 Å². The molecule has 6 nitrogen and oxygen atoms in total. The maximum Gasteiger partial charge on any atom is 0.272 e. The minimum Gasteiger partial charge on any atom is -0.493 e. The van der Waals surface area contributed by atoms with E-state index in [1.165, 1.54) is 12.1 Å². The van der Waals surface area contributed by atoms with Gasteiger partial charge in [0.1, 0.15) is 17.3 Å². The number of aromatic nitrogens is 1. The first-order valence-electron chi connectivity index (χ1n) is 9.73. The molecule has 28 heavy (non-hydrogen) atoms. The van der Waals surface area contributed by atoms with Gasteiger partial charge in [0.15, 0.2) is 0 Å². The van der Waals surface area contributed by atoms with Crippen LogP contribution in [0.3, 0.4) is 0 Å². The number of methoxy groups -OCH3 is 1. The Kier molecular flexibility index (Phi) is 8.60. The Labute approximate surface area is 166 Å². The first-order chi connectivity index (χ1) is 13.5. The third-order valence-corrected chi connectivity index (χ3v) is 4.66. The highest BCUT2D eigenvalue weighted by molar-refractivity contribution is 5.97. The monoisotopic (exact) mass is 391 g/mol.